The normalized spacial score (nSPS) is 16.5. The van der Waals surface area contributed by atoms with E-state index in [0.29, 0.717) is 0 Å². The molecule has 0 spiro atoms. The van der Waals surface area contributed by atoms with E-state index in [1.165, 1.54) is 22.0 Å². The summed E-state index contributed by atoms with van der Waals surface area (Å²) in [6, 6.07) is 16.7. The summed E-state index contributed by atoms with van der Waals surface area (Å²) >= 11 is 6.36. The lowest BCUT2D eigenvalue weighted by Gasteiger charge is -2.06. The van der Waals surface area contributed by atoms with Gasteiger partial charge in [-0.15, -0.1) is 17.0 Å². The van der Waals surface area contributed by atoms with Gasteiger partial charge < -0.3 is 4.57 Å². The third kappa shape index (κ3) is 2.30. The van der Waals surface area contributed by atoms with Gasteiger partial charge in [-0.2, -0.15) is 0 Å². The zero-order valence-corrected chi connectivity index (χ0v) is 13.7. The number of para-hydroxylation sites is 1. The van der Waals surface area contributed by atoms with E-state index in [-0.39, 0.29) is 22.5 Å². The number of rotatable bonds is 1. The van der Waals surface area contributed by atoms with Crippen LogP contribution in [-0.4, -0.2) is 10.8 Å². The van der Waals surface area contributed by atoms with Crippen molar-refractivity contribution in [2.75, 3.05) is 0 Å². The molecule has 0 amide bonds. The Kier molecular flexibility index (Phi) is 3.87. The fourth-order valence-corrected chi connectivity index (χ4v) is 3.14. The van der Waals surface area contributed by atoms with Gasteiger partial charge in [0.1, 0.15) is 5.50 Å². The summed E-state index contributed by atoms with van der Waals surface area (Å²) in [5.74, 6) is 0. The van der Waals surface area contributed by atoms with Crippen LogP contribution in [0.3, 0.4) is 0 Å². The van der Waals surface area contributed by atoms with Crippen LogP contribution < -0.4 is 0 Å². The van der Waals surface area contributed by atoms with Crippen LogP contribution in [0, 0.1) is 0 Å². The molecular formula is C17H14BrClN2. The molecule has 0 bridgehead atoms. The van der Waals surface area contributed by atoms with Crippen LogP contribution in [0.25, 0.3) is 22.0 Å². The van der Waals surface area contributed by atoms with Crippen LogP contribution >= 0.6 is 28.6 Å². The molecule has 2 nitrogen and oxygen atoms in total. The number of hydrogen-bond donors (Lipinski definition) is 0. The summed E-state index contributed by atoms with van der Waals surface area (Å²) in [6.07, 6.45) is 4.09. The topological polar surface area (TPSA) is 17.3 Å². The van der Waals surface area contributed by atoms with Crippen molar-refractivity contribution in [2.24, 2.45) is 4.99 Å². The van der Waals surface area contributed by atoms with Gasteiger partial charge in [0.25, 0.3) is 0 Å². The van der Waals surface area contributed by atoms with Crippen LogP contribution in [0.5, 0.6) is 0 Å². The molecule has 0 aliphatic carbocycles. The number of aliphatic imine (C=N–C) groups is 1. The number of halogens is 2. The molecule has 21 heavy (non-hydrogen) atoms. The van der Waals surface area contributed by atoms with Crippen molar-refractivity contribution in [3.8, 4) is 11.1 Å². The number of benzene rings is 2. The lowest BCUT2D eigenvalue weighted by molar-refractivity contribution is 0.915. The summed E-state index contributed by atoms with van der Waals surface area (Å²) in [4.78, 5) is 4.36. The smallest absolute Gasteiger partial charge is 0.150 e. The molecule has 2 aromatic carbocycles. The average Bonchev–Trinajstić information content (AvgIpc) is 2.78. The minimum absolute atomic E-state index is 0. The lowest BCUT2D eigenvalue weighted by atomic mass is 10.0. The highest BCUT2D eigenvalue weighted by atomic mass is 79.9. The Balaban J connectivity index is 0.00000132. The Labute approximate surface area is 138 Å². The first kappa shape index (κ1) is 14.4. The van der Waals surface area contributed by atoms with Crippen molar-refractivity contribution in [3.63, 3.8) is 0 Å². The van der Waals surface area contributed by atoms with Crippen molar-refractivity contribution >= 4 is 45.7 Å². The highest BCUT2D eigenvalue weighted by Gasteiger charge is 2.18. The van der Waals surface area contributed by atoms with E-state index < -0.39 is 0 Å². The first-order chi connectivity index (χ1) is 9.84. The van der Waals surface area contributed by atoms with Crippen LogP contribution in [0.1, 0.15) is 11.1 Å². The van der Waals surface area contributed by atoms with E-state index >= 15 is 0 Å². The van der Waals surface area contributed by atoms with Crippen LogP contribution in [-0.2, 0) is 6.54 Å². The molecule has 1 aromatic heterocycles. The standard InChI is InChI=1S/C17H13ClN2.BrH/c18-17-14-8-4-7-13-15(12-5-2-1-3-6-12)11-20(16(13)14)10-9-19-17;/h1-9,11,17H,10H2;1H. The van der Waals surface area contributed by atoms with Gasteiger partial charge in [0.05, 0.1) is 12.1 Å². The van der Waals surface area contributed by atoms with E-state index in [0.717, 1.165) is 12.1 Å². The first-order valence-electron chi connectivity index (χ1n) is 6.67. The highest BCUT2D eigenvalue weighted by molar-refractivity contribution is 8.93. The molecule has 0 saturated heterocycles. The summed E-state index contributed by atoms with van der Waals surface area (Å²) in [6.45, 7) is 0.767. The van der Waals surface area contributed by atoms with Gasteiger partial charge in [-0.3, -0.25) is 4.99 Å². The van der Waals surface area contributed by atoms with E-state index in [1.54, 1.807) is 0 Å². The molecule has 0 N–H and O–H groups in total. The summed E-state index contributed by atoms with van der Waals surface area (Å²) in [5, 5.41) is 1.24. The molecule has 4 rings (SSSR count). The minimum Gasteiger partial charge on any atom is -0.341 e. The minimum atomic E-state index is -0.293. The number of nitrogens with zero attached hydrogens (tertiary/aromatic N) is 2. The monoisotopic (exact) mass is 360 g/mol. The molecule has 3 aromatic rings. The Morgan fingerprint density at radius 1 is 1.05 bits per heavy atom. The maximum Gasteiger partial charge on any atom is 0.150 e. The number of alkyl halides is 1. The Morgan fingerprint density at radius 3 is 2.67 bits per heavy atom. The maximum atomic E-state index is 6.36. The molecule has 4 heteroatoms. The van der Waals surface area contributed by atoms with Gasteiger partial charge in [0.2, 0.25) is 0 Å². The summed E-state index contributed by atoms with van der Waals surface area (Å²) < 4.78 is 2.24. The van der Waals surface area contributed by atoms with Crippen molar-refractivity contribution in [3.05, 3.63) is 60.3 Å². The van der Waals surface area contributed by atoms with Crippen LogP contribution in [0.4, 0.5) is 0 Å². The molecule has 1 aliphatic rings. The maximum absolute atomic E-state index is 6.36. The second-order valence-electron chi connectivity index (χ2n) is 4.97. The first-order valence-corrected chi connectivity index (χ1v) is 7.11. The van der Waals surface area contributed by atoms with Gasteiger partial charge in [-0.05, 0) is 5.56 Å². The molecule has 1 unspecified atom stereocenters. The van der Waals surface area contributed by atoms with Gasteiger partial charge >= 0.3 is 0 Å². The van der Waals surface area contributed by atoms with Gasteiger partial charge in [-0.1, -0.05) is 60.1 Å². The van der Waals surface area contributed by atoms with Crippen LogP contribution in [0.15, 0.2) is 59.7 Å². The molecule has 1 aliphatic heterocycles. The molecular weight excluding hydrogens is 348 g/mol. The van der Waals surface area contributed by atoms with Crippen LogP contribution in [0.2, 0.25) is 0 Å². The zero-order valence-electron chi connectivity index (χ0n) is 11.2. The third-order valence-electron chi connectivity index (χ3n) is 3.79. The van der Waals surface area contributed by atoms with Gasteiger partial charge in [0.15, 0.2) is 0 Å². The zero-order chi connectivity index (χ0) is 13.5. The van der Waals surface area contributed by atoms with Crippen molar-refractivity contribution in [1.29, 1.82) is 0 Å². The molecule has 0 fully saturated rings. The van der Waals surface area contributed by atoms with Crippen molar-refractivity contribution in [2.45, 2.75) is 12.0 Å². The molecule has 0 saturated carbocycles. The predicted octanol–water partition coefficient (Wildman–Crippen LogP) is 5.21. The lowest BCUT2D eigenvalue weighted by Crippen LogP contribution is -1.95. The molecule has 106 valence electrons. The SMILES string of the molecule is Br.ClC1N=CCn2cc(-c3ccccc3)c3cccc1c32. The molecule has 2 heterocycles. The fraction of sp³-hybridized carbons (Fsp3) is 0.118. The second-order valence-corrected chi connectivity index (χ2v) is 5.39. The van der Waals surface area contributed by atoms with E-state index in [1.807, 2.05) is 12.3 Å². The molecule has 0 radical (unpaired) electrons. The number of hydrogen-bond acceptors (Lipinski definition) is 1. The molecule has 1 atom stereocenters. The van der Waals surface area contributed by atoms with Gasteiger partial charge in [0, 0.05) is 28.9 Å². The Bertz CT molecular complexity index is 808. The predicted molar refractivity (Wildman–Crippen MR) is 94.8 cm³/mol. The Morgan fingerprint density at radius 2 is 1.86 bits per heavy atom. The van der Waals surface area contributed by atoms with E-state index in [2.05, 4.69) is 58.2 Å². The summed E-state index contributed by atoms with van der Waals surface area (Å²) in [5.41, 5.74) is 4.47. The largest absolute Gasteiger partial charge is 0.341 e. The quantitative estimate of drug-likeness (QED) is 0.418. The highest BCUT2D eigenvalue weighted by Crippen LogP contribution is 2.37. The van der Waals surface area contributed by atoms with Crippen molar-refractivity contribution < 1.29 is 0 Å². The summed E-state index contributed by atoms with van der Waals surface area (Å²) in [7, 11) is 0. The second kappa shape index (κ2) is 5.66. The van der Waals surface area contributed by atoms with Crippen molar-refractivity contribution in [1.82, 2.24) is 4.57 Å². The van der Waals surface area contributed by atoms with Gasteiger partial charge in [-0.25, -0.2) is 0 Å². The average molecular weight is 362 g/mol. The number of aromatic nitrogens is 1. The third-order valence-corrected chi connectivity index (χ3v) is 4.13. The fourth-order valence-electron chi connectivity index (χ4n) is 2.88. The Hall–Kier alpha value is -1.58. The van der Waals surface area contributed by atoms with E-state index in [9.17, 15) is 0 Å². The van der Waals surface area contributed by atoms with E-state index in [4.69, 9.17) is 11.6 Å².